The first kappa shape index (κ1) is 17.5. The maximum atomic E-state index is 10.7. The second kappa shape index (κ2) is 8.66. The fourth-order valence-electron chi connectivity index (χ4n) is 1.75. The van der Waals surface area contributed by atoms with Crippen molar-refractivity contribution in [3.8, 4) is 0 Å². The molecule has 1 rings (SSSR count). The minimum absolute atomic E-state index is 0.0300. The molecule has 4 N–H and O–H groups in total. The van der Waals surface area contributed by atoms with E-state index >= 15 is 0 Å². The van der Waals surface area contributed by atoms with Gasteiger partial charge in [-0.25, -0.2) is 0 Å². The Bertz CT molecular complexity index is 444. The molecule has 1 aromatic rings. The van der Waals surface area contributed by atoms with Crippen LogP contribution in [-0.4, -0.2) is 57.7 Å². The molecule has 4 atom stereocenters. The lowest BCUT2D eigenvalue weighted by atomic mass is 10.0. The Kier molecular flexibility index (Phi) is 7.21. The average Bonchev–Trinajstić information content (AvgIpc) is 2.54. The van der Waals surface area contributed by atoms with E-state index in [4.69, 9.17) is 9.84 Å². The van der Waals surface area contributed by atoms with E-state index in [0.29, 0.717) is 0 Å². The van der Waals surface area contributed by atoms with Gasteiger partial charge in [-0.2, -0.15) is 0 Å². The topological polar surface area (TPSA) is 107 Å². The minimum Gasteiger partial charge on any atom is -0.394 e. The highest BCUT2D eigenvalue weighted by Crippen LogP contribution is 2.13. The van der Waals surface area contributed by atoms with Crippen LogP contribution in [0.2, 0.25) is 0 Å². The van der Waals surface area contributed by atoms with Crippen molar-refractivity contribution in [1.82, 2.24) is 0 Å². The second-order valence-corrected chi connectivity index (χ2v) is 4.59. The standard InChI is InChI=1S/C15H20O6/c1-2-10-3-5-11(6-4-10)9-21-15(13(19)8-17)14(20)12(18)7-16/h2-6,8,12-16,18-20H,1,7,9H2/t12-,13+,14-,15-/m1/s1. The lowest BCUT2D eigenvalue weighted by Gasteiger charge is -2.27. The normalized spacial score (nSPS) is 16.8. The van der Waals surface area contributed by atoms with Gasteiger partial charge >= 0.3 is 0 Å². The highest BCUT2D eigenvalue weighted by molar-refractivity contribution is 5.56. The third-order valence-corrected chi connectivity index (χ3v) is 3.05. The van der Waals surface area contributed by atoms with Crippen LogP contribution in [0.3, 0.4) is 0 Å². The Hall–Kier alpha value is -1.57. The lowest BCUT2D eigenvalue weighted by Crippen LogP contribution is -2.47. The quantitative estimate of drug-likeness (QED) is 0.457. The Morgan fingerprint density at radius 1 is 1.19 bits per heavy atom. The maximum Gasteiger partial charge on any atom is 0.151 e. The third-order valence-electron chi connectivity index (χ3n) is 3.05. The molecule has 6 nitrogen and oxygen atoms in total. The van der Waals surface area contributed by atoms with Crippen LogP contribution in [0.4, 0.5) is 0 Å². The van der Waals surface area contributed by atoms with Crippen LogP contribution >= 0.6 is 0 Å². The van der Waals surface area contributed by atoms with Gasteiger partial charge in [0.2, 0.25) is 0 Å². The highest BCUT2D eigenvalue weighted by Gasteiger charge is 2.32. The van der Waals surface area contributed by atoms with Crippen molar-refractivity contribution in [2.75, 3.05) is 6.61 Å². The first-order valence-electron chi connectivity index (χ1n) is 6.46. The molecule has 0 aliphatic heterocycles. The molecule has 0 aromatic heterocycles. The molecule has 0 spiro atoms. The number of carbonyl (C=O) groups excluding carboxylic acids is 1. The molecule has 0 aliphatic rings. The zero-order valence-electron chi connectivity index (χ0n) is 11.5. The largest absolute Gasteiger partial charge is 0.394 e. The molecule has 21 heavy (non-hydrogen) atoms. The van der Waals surface area contributed by atoms with Crippen molar-refractivity contribution in [3.63, 3.8) is 0 Å². The van der Waals surface area contributed by atoms with Crippen LogP contribution in [0.25, 0.3) is 6.08 Å². The van der Waals surface area contributed by atoms with Crippen molar-refractivity contribution in [3.05, 3.63) is 42.0 Å². The number of ether oxygens (including phenoxy) is 1. The van der Waals surface area contributed by atoms with Crippen LogP contribution < -0.4 is 0 Å². The summed E-state index contributed by atoms with van der Waals surface area (Å²) in [6.07, 6.45) is -4.13. The van der Waals surface area contributed by atoms with Crippen molar-refractivity contribution < 1.29 is 30.0 Å². The SMILES string of the molecule is C=Cc1ccc(CO[C@@H]([C@H](O)[C@H](O)CO)[C@@H](O)C=O)cc1. The monoisotopic (exact) mass is 296 g/mol. The van der Waals surface area contributed by atoms with Crippen LogP contribution in [0.1, 0.15) is 11.1 Å². The van der Waals surface area contributed by atoms with Gasteiger partial charge in [0.05, 0.1) is 13.2 Å². The molecule has 0 heterocycles. The molecule has 0 fully saturated rings. The Balaban J connectivity index is 2.71. The van der Waals surface area contributed by atoms with E-state index in [-0.39, 0.29) is 12.9 Å². The summed E-state index contributed by atoms with van der Waals surface area (Å²) >= 11 is 0. The Morgan fingerprint density at radius 2 is 1.81 bits per heavy atom. The Morgan fingerprint density at radius 3 is 2.29 bits per heavy atom. The van der Waals surface area contributed by atoms with E-state index in [1.54, 1.807) is 18.2 Å². The number of rotatable bonds is 9. The Labute approximate surface area is 122 Å². The molecule has 0 saturated heterocycles. The lowest BCUT2D eigenvalue weighted by molar-refractivity contribution is -0.153. The van der Waals surface area contributed by atoms with Gasteiger partial charge in [-0.3, -0.25) is 0 Å². The van der Waals surface area contributed by atoms with Crippen molar-refractivity contribution in [1.29, 1.82) is 0 Å². The van der Waals surface area contributed by atoms with Crippen molar-refractivity contribution >= 4 is 12.4 Å². The molecule has 0 saturated carbocycles. The molecular weight excluding hydrogens is 276 g/mol. The van der Waals surface area contributed by atoms with Gasteiger partial charge in [-0.15, -0.1) is 0 Å². The summed E-state index contributed by atoms with van der Waals surface area (Å²) in [4.78, 5) is 10.7. The predicted octanol–water partition coefficient (Wildman–Crippen LogP) is -0.511. The van der Waals surface area contributed by atoms with E-state index in [0.717, 1.165) is 11.1 Å². The maximum absolute atomic E-state index is 10.7. The van der Waals surface area contributed by atoms with Crippen LogP contribution in [0.15, 0.2) is 30.8 Å². The molecule has 6 heteroatoms. The molecule has 0 unspecified atom stereocenters. The molecule has 0 bridgehead atoms. The number of hydrogen-bond acceptors (Lipinski definition) is 6. The van der Waals surface area contributed by atoms with E-state index in [1.807, 2.05) is 12.1 Å². The number of carbonyl (C=O) groups is 1. The number of aliphatic hydroxyl groups excluding tert-OH is 4. The average molecular weight is 296 g/mol. The van der Waals surface area contributed by atoms with Gasteiger partial charge in [0, 0.05) is 0 Å². The van der Waals surface area contributed by atoms with Crippen LogP contribution in [0.5, 0.6) is 0 Å². The van der Waals surface area contributed by atoms with Gasteiger partial charge in [0.25, 0.3) is 0 Å². The molecule has 1 aromatic carbocycles. The summed E-state index contributed by atoms with van der Waals surface area (Å²) in [5, 5.41) is 37.5. The molecule has 116 valence electrons. The zero-order valence-corrected chi connectivity index (χ0v) is 11.5. The highest BCUT2D eigenvalue weighted by atomic mass is 16.5. The van der Waals surface area contributed by atoms with Crippen molar-refractivity contribution in [2.24, 2.45) is 0 Å². The van der Waals surface area contributed by atoms with E-state index in [9.17, 15) is 20.1 Å². The van der Waals surface area contributed by atoms with Gasteiger partial charge in [0.1, 0.15) is 24.4 Å². The molecule has 0 aliphatic carbocycles. The first-order valence-corrected chi connectivity index (χ1v) is 6.46. The minimum atomic E-state index is -1.60. The smallest absolute Gasteiger partial charge is 0.151 e. The van der Waals surface area contributed by atoms with Gasteiger partial charge in [0.15, 0.2) is 6.29 Å². The number of aliphatic hydroxyl groups is 4. The summed E-state index contributed by atoms with van der Waals surface area (Å²) in [7, 11) is 0. The van der Waals surface area contributed by atoms with E-state index in [2.05, 4.69) is 6.58 Å². The van der Waals surface area contributed by atoms with E-state index in [1.165, 1.54) is 0 Å². The first-order chi connectivity index (χ1) is 10.0. The fourth-order valence-corrected chi connectivity index (χ4v) is 1.75. The molecule has 0 radical (unpaired) electrons. The summed E-state index contributed by atoms with van der Waals surface area (Å²) in [6.45, 7) is 2.96. The van der Waals surface area contributed by atoms with E-state index < -0.39 is 31.0 Å². The third kappa shape index (κ3) is 5.04. The molecular formula is C15H20O6. The van der Waals surface area contributed by atoms with Gasteiger partial charge in [-0.1, -0.05) is 36.9 Å². The van der Waals surface area contributed by atoms with Crippen LogP contribution in [-0.2, 0) is 16.1 Å². The fraction of sp³-hybridized carbons (Fsp3) is 0.400. The summed E-state index contributed by atoms with van der Waals surface area (Å²) in [6, 6.07) is 7.18. The summed E-state index contributed by atoms with van der Waals surface area (Å²) < 4.78 is 5.31. The zero-order chi connectivity index (χ0) is 15.8. The predicted molar refractivity (Wildman–Crippen MR) is 76.3 cm³/mol. The number of hydrogen-bond donors (Lipinski definition) is 4. The summed E-state index contributed by atoms with van der Waals surface area (Å²) in [5.74, 6) is 0. The van der Waals surface area contributed by atoms with Crippen LogP contribution in [0, 0.1) is 0 Å². The molecule has 0 amide bonds. The summed E-state index contributed by atoms with van der Waals surface area (Å²) in [5.41, 5.74) is 1.69. The van der Waals surface area contributed by atoms with Crippen molar-refractivity contribution in [2.45, 2.75) is 31.0 Å². The van der Waals surface area contributed by atoms with Gasteiger partial charge < -0.3 is 30.0 Å². The number of aldehydes is 1. The second-order valence-electron chi connectivity index (χ2n) is 4.59. The van der Waals surface area contributed by atoms with Gasteiger partial charge in [-0.05, 0) is 11.1 Å². The number of benzene rings is 1.